The summed E-state index contributed by atoms with van der Waals surface area (Å²) in [7, 11) is 0. The molecule has 0 saturated heterocycles. The van der Waals surface area contributed by atoms with Gasteiger partial charge in [-0.2, -0.15) is 0 Å². The highest BCUT2D eigenvalue weighted by molar-refractivity contribution is 5.74. The Morgan fingerprint density at radius 3 is 0.925 bits per heavy atom. The van der Waals surface area contributed by atoms with Crippen LogP contribution in [-0.2, 0) is 9.59 Å². The fraction of sp³-hybridized carbons (Fsp3) is 0.941. The SMILES string of the molecule is CCCCCCCCCCCCCCCC(=O)O.CCCCCCCCCCCCCCCCC(O)(O)C(=O)O. The van der Waals surface area contributed by atoms with E-state index >= 15 is 0 Å². The number of carbonyl (C=O) groups is 2. The average Bonchev–Trinajstić information content (AvgIpc) is 2.91. The number of carboxylic acids is 2. The van der Waals surface area contributed by atoms with Gasteiger partial charge in [-0.15, -0.1) is 0 Å². The molecule has 0 bridgehead atoms. The maximum Gasteiger partial charge on any atom is 0.364 e. The zero-order valence-electron chi connectivity index (χ0n) is 26.6. The molecule has 0 aliphatic heterocycles. The number of hydrogen-bond acceptors (Lipinski definition) is 4. The van der Waals surface area contributed by atoms with E-state index in [0.29, 0.717) is 12.8 Å². The first kappa shape index (κ1) is 41.0. The maximum atomic E-state index is 10.5. The van der Waals surface area contributed by atoms with Gasteiger partial charge in [0, 0.05) is 12.8 Å². The summed E-state index contributed by atoms with van der Waals surface area (Å²) in [6.45, 7) is 4.51. The molecule has 0 aliphatic rings. The van der Waals surface area contributed by atoms with E-state index in [1.165, 1.54) is 135 Å². The lowest BCUT2D eigenvalue weighted by atomic mass is 10.0. The van der Waals surface area contributed by atoms with E-state index in [1.54, 1.807) is 0 Å². The van der Waals surface area contributed by atoms with Gasteiger partial charge in [-0.1, -0.05) is 174 Å². The normalized spacial score (nSPS) is 11.3. The van der Waals surface area contributed by atoms with Crippen molar-refractivity contribution in [1.82, 2.24) is 0 Å². The fourth-order valence-electron chi connectivity index (χ4n) is 4.97. The highest BCUT2D eigenvalue weighted by Crippen LogP contribution is 2.16. The molecule has 0 saturated carbocycles. The molecule has 0 aromatic rings. The van der Waals surface area contributed by atoms with Crippen molar-refractivity contribution < 1.29 is 30.0 Å². The highest BCUT2D eigenvalue weighted by Gasteiger charge is 2.31. The number of aliphatic carboxylic acids is 2. The second-order valence-electron chi connectivity index (χ2n) is 11.9. The second-order valence-corrected chi connectivity index (χ2v) is 11.9. The van der Waals surface area contributed by atoms with Gasteiger partial charge in [0.05, 0.1) is 0 Å². The Morgan fingerprint density at radius 2 is 0.675 bits per heavy atom. The van der Waals surface area contributed by atoms with E-state index in [4.69, 9.17) is 20.4 Å². The van der Waals surface area contributed by atoms with E-state index in [2.05, 4.69) is 13.8 Å². The molecule has 6 nitrogen and oxygen atoms in total. The third-order valence-electron chi connectivity index (χ3n) is 7.72. The quantitative estimate of drug-likeness (QED) is 0.0503. The van der Waals surface area contributed by atoms with Crippen LogP contribution in [0.4, 0.5) is 0 Å². The lowest BCUT2D eigenvalue weighted by Crippen LogP contribution is -2.37. The van der Waals surface area contributed by atoms with Crippen LogP contribution in [0.1, 0.15) is 200 Å². The Bertz CT molecular complexity index is 535. The number of hydrogen-bond donors (Lipinski definition) is 4. The van der Waals surface area contributed by atoms with Crippen molar-refractivity contribution in [2.24, 2.45) is 0 Å². The van der Waals surface area contributed by atoms with Crippen molar-refractivity contribution >= 4 is 11.9 Å². The molecule has 4 N–H and O–H groups in total. The Hall–Kier alpha value is -1.14. The van der Waals surface area contributed by atoms with Crippen molar-refractivity contribution in [3.8, 4) is 0 Å². The summed E-state index contributed by atoms with van der Waals surface area (Å²) in [4.78, 5) is 20.8. The molecule has 0 heterocycles. The number of carboxylic acid groups (broad SMARTS) is 2. The number of rotatable bonds is 30. The van der Waals surface area contributed by atoms with Crippen LogP contribution in [0.2, 0.25) is 0 Å². The van der Waals surface area contributed by atoms with Crippen molar-refractivity contribution in [2.45, 2.75) is 206 Å². The van der Waals surface area contributed by atoms with Crippen LogP contribution in [-0.4, -0.2) is 38.2 Å². The zero-order valence-corrected chi connectivity index (χ0v) is 26.6. The topological polar surface area (TPSA) is 115 Å². The summed E-state index contributed by atoms with van der Waals surface area (Å²) in [5.41, 5.74) is 0. The van der Waals surface area contributed by atoms with Crippen molar-refractivity contribution in [3.63, 3.8) is 0 Å². The Kier molecular flexibility index (Phi) is 33.2. The number of aliphatic hydroxyl groups is 2. The van der Waals surface area contributed by atoms with Gasteiger partial charge in [-0.3, -0.25) is 4.79 Å². The molecular weight excluding hydrogens is 504 g/mol. The predicted molar refractivity (Wildman–Crippen MR) is 168 cm³/mol. The largest absolute Gasteiger partial charge is 0.481 e. The lowest BCUT2D eigenvalue weighted by Gasteiger charge is -2.15. The summed E-state index contributed by atoms with van der Waals surface area (Å²) in [6.07, 6.45) is 34.2. The van der Waals surface area contributed by atoms with E-state index in [1.807, 2.05) is 0 Å². The fourth-order valence-corrected chi connectivity index (χ4v) is 4.97. The van der Waals surface area contributed by atoms with Crippen LogP contribution in [0.25, 0.3) is 0 Å². The van der Waals surface area contributed by atoms with Crippen molar-refractivity contribution in [3.05, 3.63) is 0 Å². The Morgan fingerprint density at radius 1 is 0.425 bits per heavy atom. The third kappa shape index (κ3) is 34.9. The summed E-state index contributed by atoms with van der Waals surface area (Å²) in [5, 5.41) is 35.3. The van der Waals surface area contributed by atoms with Crippen LogP contribution in [0.3, 0.4) is 0 Å². The molecule has 0 amide bonds. The van der Waals surface area contributed by atoms with Crippen LogP contribution in [0, 0.1) is 0 Å². The lowest BCUT2D eigenvalue weighted by molar-refractivity contribution is -0.205. The molecule has 40 heavy (non-hydrogen) atoms. The molecule has 0 radical (unpaired) electrons. The molecule has 0 fully saturated rings. The van der Waals surface area contributed by atoms with Gasteiger partial charge in [-0.05, 0) is 12.8 Å². The molecule has 0 aromatic carbocycles. The van der Waals surface area contributed by atoms with E-state index in [-0.39, 0.29) is 6.42 Å². The molecule has 0 rings (SSSR count). The Labute approximate surface area is 247 Å². The zero-order chi connectivity index (χ0) is 30.2. The van der Waals surface area contributed by atoms with E-state index in [9.17, 15) is 9.59 Å². The molecule has 0 atom stereocenters. The minimum Gasteiger partial charge on any atom is -0.481 e. The van der Waals surface area contributed by atoms with Gasteiger partial charge in [0.2, 0.25) is 0 Å². The first-order valence-electron chi connectivity index (χ1n) is 17.2. The van der Waals surface area contributed by atoms with Gasteiger partial charge in [0.15, 0.2) is 0 Å². The van der Waals surface area contributed by atoms with Gasteiger partial charge in [0.1, 0.15) is 0 Å². The van der Waals surface area contributed by atoms with Gasteiger partial charge in [0.25, 0.3) is 5.79 Å². The summed E-state index contributed by atoms with van der Waals surface area (Å²) in [5.74, 6) is -4.75. The third-order valence-corrected chi connectivity index (χ3v) is 7.72. The standard InChI is InChI=1S/C18H36O4.C16H32O2/c1-2-3-4-5-6-7-8-9-10-11-12-13-14-15-16-18(21,22)17(19)20;1-2-3-4-5-6-7-8-9-10-11-12-13-14-15-16(17)18/h21-22H,2-16H2,1H3,(H,19,20);2-15H2,1H3,(H,17,18). The highest BCUT2D eigenvalue weighted by atomic mass is 16.5. The van der Waals surface area contributed by atoms with Crippen molar-refractivity contribution in [2.75, 3.05) is 0 Å². The van der Waals surface area contributed by atoms with Crippen LogP contribution >= 0.6 is 0 Å². The first-order chi connectivity index (χ1) is 19.3. The Balaban J connectivity index is 0. The molecule has 0 unspecified atom stereocenters. The molecule has 6 heteroatoms. The number of unbranched alkanes of at least 4 members (excludes halogenated alkanes) is 25. The molecule has 0 aromatic heterocycles. The minimum absolute atomic E-state index is 0.0830. The van der Waals surface area contributed by atoms with Crippen molar-refractivity contribution in [1.29, 1.82) is 0 Å². The van der Waals surface area contributed by atoms with Gasteiger partial charge in [-0.25, -0.2) is 4.79 Å². The van der Waals surface area contributed by atoms with Gasteiger partial charge < -0.3 is 20.4 Å². The van der Waals surface area contributed by atoms with Crippen LogP contribution in [0.15, 0.2) is 0 Å². The smallest absolute Gasteiger partial charge is 0.364 e. The monoisotopic (exact) mass is 573 g/mol. The summed E-state index contributed by atoms with van der Waals surface area (Å²) >= 11 is 0. The van der Waals surface area contributed by atoms with Gasteiger partial charge >= 0.3 is 11.9 Å². The minimum atomic E-state index is -2.54. The van der Waals surface area contributed by atoms with Crippen LogP contribution < -0.4 is 0 Å². The summed E-state index contributed by atoms with van der Waals surface area (Å²) in [6, 6.07) is 0. The molecule has 0 spiro atoms. The van der Waals surface area contributed by atoms with Crippen LogP contribution in [0.5, 0.6) is 0 Å². The molecule has 0 aliphatic carbocycles. The first-order valence-corrected chi connectivity index (χ1v) is 17.2. The molecule has 240 valence electrons. The maximum absolute atomic E-state index is 10.5. The van der Waals surface area contributed by atoms with E-state index < -0.39 is 17.7 Å². The van der Waals surface area contributed by atoms with E-state index in [0.717, 1.165) is 32.1 Å². The average molecular weight is 573 g/mol. The predicted octanol–water partition coefficient (Wildman–Crippen LogP) is 10.2. The molecular formula is C34H68O6. The summed E-state index contributed by atoms with van der Waals surface area (Å²) < 4.78 is 0. The second kappa shape index (κ2) is 32.4.